The van der Waals surface area contributed by atoms with Gasteiger partial charge >= 0.3 is 0 Å². The van der Waals surface area contributed by atoms with Crippen LogP contribution < -0.4 is 14.8 Å². The lowest BCUT2D eigenvalue weighted by molar-refractivity contribution is -0.148. The highest BCUT2D eigenvalue weighted by molar-refractivity contribution is 6.74. The van der Waals surface area contributed by atoms with Crippen molar-refractivity contribution < 1.29 is 23.5 Å². The number of unbranched alkanes of at least 4 members (excludes halogenated alkanes) is 1. The number of piperidine rings is 1. The number of rotatable bonds is 9. The molecule has 1 saturated heterocycles. The quantitative estimate of drug-likeness (QED) is 0.179. The van der Waals surface area contributed by atoms with Crippen LogP contribution in [0.3, 0.4) is 0 Å². The predicted molar refractivity (Wildman–Crippen MR) is 178 cm³/mol. The highest BCUT2D eigenvalue weighted by atomic mass is 35.5. The van der Waals surface area contributed by atoms with Crippen LogP contribution in [0, 0.1) is 17.8 Å². The van der Waals surface area contributed by atoms with Crippen molar-refractivity contribution in [3.05, 3.63) is 58.6 Å². The van der Waals surface area contributed by atoms with Crippen LogP contribution in [-0.2, 0) is 14.0 Å². The van der Waals surface area contributed by atoms with E-state index in [2.05, 4.69) is 64.9 Å². The van der Waals surface area contributed by atoms with Gasteiger partial charge in [-0.3, -0.25) is 9.59 Å². The summed E-state index contributed by atoms with van der Waals surface area (Å²) in [5.74, 6) is 5.81. The Morgan fingerprint density at radius 3 is 2.34 bits per heavy atom. The molecule has 0 saturated carbocycles. The van der Waals surface area contributed by atoms with Gasteiger partial charge < -0.3 is 24.1 Å². The Balaban J connectivity index is 1.25. The van der Waals surface area contributed by atoms with Crippen molar-refractivity contribution in [3.63, 3.8) is 0 Å². The van der Waals surface area contributed by atoms with Crippen LogP contribution in [0.5, 0.6) is 11.5 Å². The number of likely N-dealkylation sites (tertiary alicyclic amines) is 1. The molecule has 1 atom stereocenters. The molecule has 2 aliphatic heterocycles. The monoisotopic (exact) mass is 638 g/mol. The fourth-order valence-electron chi connectivity index (χ4n) is 5.27. The zero-order valence-corrected chi connectivity index (χ0v) is 29.0. The fourth-order valence-corrected chi connectivity index (χ4v) is 6.48. The van der Waals surface area contributed by atoms with Crippen molar-refractivity contribution in [1.29, 1.82) is 0 Å². The number of carbonyl (C=O) groups excluding carboxylic acids is 2. The number of nitrogens with one attached hydrogen (secondary N) is 1. The number of benzene rings is 2. The van der Waals surface area contributed by atoms with Crippen molar-refractivity contribution in [3.8, 4) is 23.3 Å². The average Bonchev–Trinajstić information content (AvgIpc) is 3.31. The molecule has 0 bridgehead atoms. The Morgan fingerprint density at radius 2 is 1.70 bits per heavy atom. The third-order valence-corrected chi connectivity index (χ3v) is 13.8. The van der Waals surface area contributed by atoms with E-state index in [1.807, 2.05) is 47.4 Å². The van der Waals surface area contributed by atoms with Crippen molar-refractivity contribution in [2.75, 3.05) is 26.2 Å². The molecule has 2 amide bonds. The molecule has 0 aliphatic carbocycles. The number of carbonyl (C=O) groups is 2. The molecule has 238 valence electrons. The first-order valence-corrected chi connectivity index (χ1v) is 19.0. The first kappa shape index (κ1) is 33.9. The van der Waals surface area contributed by atoms with E-state index in [0.29, 0.717) is 61.2 Å². The summed E-state index contributed by atoms with van der Waals surface area (Å²) < 4.78 is 18.8. The summed E-state index contributed by atoms with van der Waals surface area (Å²) in [6.07, 6.45) is 2.86. The van der Waals surface area contributed by atoms with Crippen molar-refractivity contribution in [1.82, 2.24) is 10.2 Å². The predicted octanol–water partition coefficient (Wildman–Crippen LogP) is 7.14. The smallest absolute Gasteiger partial charge is 0.296 e. The summed E-state index contributed by atoms with van der Waals surface area (Å²) >= 11 is 6.07. The normalized spacial score (nSPS) is 16.4. The zero-order chi connectivity index (χ0) is 32.1. The molecule has 4 rings (SSSR count). The third kappa shape index (κ3) is 8.38. The van der Waals surface area contributed by atoms with Gasteiger partial charge in [-0.2, -0.15) is 0 Å². The molecular formula is C35H47ClN2O5Si. The highest BCUT2D eigenvalue weighted by Gasteiger charge is 2.46. The molecule has 1 N–H and O–H groups in total. The first-order chi connectivity index (χ1) is 20.7. The molecule has 9 heteroatoms. The number of hydrogen-bond acceptors (Lipinski definition) is 5. The molecule has 0 unspecified atom stereocenters. The van der Waals surface area contributed by atoms with E-state index in [-0.39, 0.29) is 28.7 Å². The minimum Gasteiger partial charge on any atom is -0.448 e. The molecule has 2 aromatic carbocycles. The summed E-state index contributed by atoms with van der Waals surface area (Å²) in [4.78, 5) is 27.8. The van der Waals surface area contributed by atoms with Gasteiger partial charge in [0, 0.05) is 55.6 Å². The highest BCUT2D eigenvalue weighted by Crippen LogP contribution is 2.44. The van der Waals surface area contributed by atoms with E-state index in [1.54, 1.807) is 0 Å². The van der Waals surface area contributed by atoms with E-state index < -0.39 is 14.1 Å². The molecule has 0 radical (unpaired) electrons. The van der Waals surface area contributed by atoms with Crippen molar-refractivity contribution in [2.45, 2.75) is 90.1 Å². The first-order valence-electron chi connectivity index (χ1n) is 15.7. The number of amides is 2. The second kappa shape index (κ2) is 14.0. The lowest BCUT2D eigenvalue weighted by Crippen LogP contribution is -2.52. The number of ether oxygens (including phenoxy) is 2. The van der Waals surface area contributed by atoms with Gasteiger partial charge in [-0.25, -0.2) is 0 Å². The lowest BCUT2D eigenvalue weighted by atomic mass is 9.86. The second-order valence-corrected chi connectivity index (χ2v) is 18.9. The summed E-state index contributed by atoms with van der Waals surface area (Å²) in [5, 5.41) is 3.72. The Bertz CT molecular complexity index is 1380. The van der Waals surface area contributed by atoms with Gasteiger partial charge in [0.2, 0.25) is 5.91 Å². The van der Waals surface area contributed by atoms with Gasteiger partial charge in [0.25, 0.3) is 11.7 Å². The summed E-state index contributed by atoms with van der Waals surface area (Å²) in [5.41, 5.74) is 1.65. The van der Waals surface area contributed by atoms with E-state index in [9.17, 15) is 9.59 Å². The van der Waals surface area contributed by atoms with Gasteiger partial charge in [-0.15, -0.1) is 0 Å². The maximum atomic E-state index is 13.6. The average molecular weight is 639 g/mol. The van der Waals surface area contributed by atoms with E-state index in [0.717, 1.165) is 18.4 Å². The van der Waals surface area contributed by atoms with Crippen LogP contribution in [0.4, 0.5) is 0 Å². The number of fused-ring (bicyclic) bond motifs is 1. The summed E-state index contributed by atoms with van der Waals surface area (Å²) in [6, 6.07) is 13.0. The second-order valence-electron chi connectivity index (χ2n) is 13.7. The standard InChI is InChI=1S/C35H47ClN2O5Si/c1-25(2)32(27-12-14-28(36)15-13-27)33(40)38-21-18-35(19-22-38)42-29-16-10-26(24-30(29)43-35)11-17-31(39)37-20-8-9-23-41-44(6,7)34(3,4)5/h10,12-16,24-25,32H,8-9,18-23H2,1-7H3,(H,37,39)/t32-/m0/s1. The van der Waals surface area contributed by atoms with Gasteiger partial charge in [0.05, 0.1) is 5.92 Å². The maximum Gasteiger partial charge on any atom is 0.296 e. The van der Waals surface area contributed by atoms with Crippen LogP contribution in [-0.4, -0.2) is 57.1 Å². The van der Waals surface area contributed by atoms with Gasteiger partial charge in [0.15, 0.2) is 19.8 Å². The topological polar surface area (TPSA) is 77.1 Å². The Morgan fingerprint density at radius 1 is 1.05 bits per heavy atom. The molecule has 7 nitrogen and oxygen atoms in total. The van der Waals surface area contributed by atoms with Gasteiger partial charge in [-0.1, -0.05) is 64.3 Å². The molecule has 1 spiro atoms. The molecule has 0 aromatic heterocycles. The fraction of sp³-hybridized carbons (Fsp3) is 0.543. The van der Waals surface area contributed by atoms with Crippen molar-refractivity contribution in [2.24, 2.45) is 5.92 Å². The molecule has 2 aromatic rings. The van der Waals surface area contributed by atoms with Crippen LogP contribution in [0.2, 0.25) is 23.2 Å². The van der Waals surface area contributed by atoms with Crippen molar-refractivity contribution >= 4 is 31.7 Å². The maximum absolute atomic E-state index is 13.6. The van der Waals surface area contributed by atoms with E-state index in [1.165, 1.54) is 0 Å². The minimum atomic E-state index is -1.73. The Hall–Kier alpha value is -2.99. The van der Waals surface area contributed by atoms with Crippen LogP contribution >= 0.6 is 11.6 Å². The third-order valence-electron chi connectivity index (χ3n) is 8.98. The van der Waals surface area contributed by atoms with E-state index >= 15 is 0 Å². The molecule has 44 heavy (non-hydrogen) atoms. The lowest BCUT2D eigenvalue weighted by Gasteiger charge is -2.39. The molecule has 2 heterocycles. The van der Waals surface area contributed by atoms with Crippen LogP contribution in [0.25, 0.3) is 0 Å². The minimum absolute atomic E-state index is 0.114. The van der Waals surface area contributed by atoms with Gasteiger partial charge in [-0.05, 0) is 72.8 Å². The van der Waals surface area contributed by atoms with Gasteiger partial charge in [0.1, 0.15) is 0 Å². The Labute approximate surface area is 269 Å². The van der Waals surface area contributed by atoms with E-state index in [4.69, 9.17) is 25.5 Å². The molecule has 1 fully saturated rings. The SMILES string of the molecule is CC(C)[C@H](C(=O)N1CCC2(CC1)Oc1ccc(C#CC(=O)NCCCCO[Si](C)(C)C(C)(C)C)cc1O2)c1ccc(Cl)cc1. The molecule has 2 aliphatic rings. The number of nitrogens with zero attached hydrogens (tertiary/aromatic N) is 1. The zero-order valence-electron chi connectivity index (χ0n) is 27.2. The number of halogens is 1. The molecular weight excluding hydrogens is 592 g/mol. The van der Waals surface area contributed by atoms with Crippen LogP contribution in [0.15, 0.2) is 42.5 Å². The summed E-state index contributed by atoms with van der Waals surface area (Å²) in [7, 11) is -1.73. The van der Waals surface area contributed by atoms with Crippen LogP contribution in [0.1, 0.15) is 77.3 Å². The largest absolute Gasteiger partial charge is 0.448 e. The number of hydrogen-bond donors (Lipinski definition) is 1. The summed E-state index contributed by atoms with van der Waals surface area (Å²) in [6.45, 7) is 17.7. The Kier molecular flexibility index (Phi) is 10.8.